The highest BCUT2D eigenvalue weighted by molar-refractivity contribution is 5.85. The third kappa shape index (κ3) is 3.69. The zero-order chi connectivity index (χ0) is 12.2. The molecule has 2 fully saturated rings. The van der Waals surface area contributed by atoms with Crippen LogP contribution >= 0.6 is 12.4 Å². The van der Waals surface area contributed by atoms with Crippen LogP contribution in [0.3, 0.4) is 0 Å². The minimum atomic E-state index is 0. The van der Waals surface area contributed by atoms with Crippen LogP contribution in [0.4, 0.5) is 0 Å². The molecule has 0 spiro atoms. The summed E-state index contributed by atoms with van der Waals surface area (Å²) in [5.74, 6) is 0. The van der Waals surface area contributed by atoms with Gasteiger partial charge in [0.2, 0.25) is 0 Å². The van der Waals surface area contributed by atoms with Gasteiger partial charge in [0.1, 0.15) is 0 Å². The Morgan fingerprint density at radius 2 is 2.37 bits per heavy atom. The van der Waals surface area contributed by atoms with Crippen molar-refractivity contribution in [2.24, 2.45) is 0 Å². The fourth-order valence-electron chi connectivity index (χ4n) is 2.88. The van der Waals surface area contributed by atoms with Crippen LogP contribution in [-0.4, -0.2) is 47.8 Å². The van der Waals surface area contributed by atoms with Gasteiger partial charge in [-0.2, -0.15) is 5.10 Å². The molecule has 2 aliphatic rings. The highest BCUT2D eigenvalue weighted by atomic mass is 35.5. The Morgan fingerprint density at radius 3 is 3.21 bits per heavy atom. The molecule has 3 rings (SSSR count). The topological polar surface area (TPSA) is 48.3 Å². The van der Waals surface area contributed by atoms with Crippen LogP contribution in [0.2, 0.25) is 0 Å². The van der Waals surface area contributed by atoms with E-state index in [4.69, 9.17) is 9.47 Å². The highest BCUT2D eigenvalue weighted by Gasteiger charge is 2.39. The maximum atomic E-state index is 5.96. The van der Waals surface area contributed by atoms with E-state index in [2.05, 4.69) is 10.4 Å². The molecule has 0 bridgehead atoms. The second-order valence-corrected chi connectivity index (χ2v) is 5.01. The Hall–Kier alpha value is -0.620. The largest absolute Gasteiger partial charge is 0.375 e. The van der Waals surface area contributed by atoms with E-state index in [9.17, 15) is 0 Å². The van der Waals surface area contributed by atoms with Crippen LogP contribution in [0, 0.1) is 0 Å². The van der Waals surface area contributed by atoms with Crippen molar-refractivity contribution in [3.05, 3.63) is 18.5 Å². The maximum Gasteiger partial charge on any atom is 0.0989 e. The van der Waals surface area contributed by atoms with Crippen LogP contribution in [0.1, 0.15) is 19.3 Å². The summed E-state index contributed by atoms with van der Waals surface area (Å²) >= 11 is 0. The van der Waals surface area contributed by atoms with Crippen LogP contribution in [0.15, 0.2) is 18.5 Å². The van der Waals surface area contributed by atoms with Gasteiger partial charge in [-0.15, -0.1) is 12.4 Å². The average molecular weight is 288 g/mol. The van der Waals surface area contributed by atoms with Gasteiger partial charge in [0.05, 0.1) is 18.8 Å². The second-order valence-electron chi connectivity index (χ2n) is 5.01. The number of aromatic nitrogens is 2. The lowest BCUT2D eigenvalue weighted by atomic mass is 10.2. The highest BCUT2D eigenvalue weighted by Crippen LogP contribution is 2.27. The number of hydrogen-bond acceptors (Lipinski definition) is 4. The summed E-state index contributed by atoms with van der Waals surface area (Å²) in [7, 11) is 0. The predicted octanol–water partition coefficient (Wildman–Crippen LogP) is 1.23. The lowest BCUT2D eigenvalue weighted by Crippen LogP contribution is -2.49. The zero-order valence-electron chi connectivity index (χ0n) is 11.0. The number of ether oxygens (including phenoxy) is 2. The second kappa shape index (κ2) is 7.24. The van der Waals surface area contributed by atoms with E-state index in [0.717, 1.165) is 39.1 Å². The molecule has 19 heavy (non-hydrogen) atoms. The van der Waals surface area contributed by atoms with E-state index < -0.39 is 0 Å². The Kier molecular flexibility index (Phi) is 5.63. The van der Waals surface area contributed by atoms with Crippen LogP contribution in [-0.2, 0) is 16.0 Å². The summed E-state index contributed by atoms with van der Waals surface area (Å²) in [6, 6.07) is 2.46. The Bertz CT molecular complexity index is 361. The molecule has 1 saturated heterocycles. The normalized spacial score (nSPS) is 29.8. The van der Waals surface area contributed by atoms with Gasteiger partial charge < -0.3 is 14.8 Å². The number of fused-ring (bicyclic) bond motifs is 1. The molecule has 1 aliphatic heterocycles. The molecular formula is C13H22ClN3O2. The van der Waals surface area contributed by atoms with Gasteiger partial charge >= 0.3 is 0 Å². The summed E-state index contributed by atoms with van der Waals surface area (Å²) in [5, 5.41) is 7.68. The maximum absolute atomic E-state index is 5.96. The zero-order valence-corrected chi connectivity index (χ0v) is 11.8. The van der Waals surface area contributed by atoms with E-state index in [-0.39, 0.29) is 24.6 Å². The van der Waals surface area contributed by atoms with E-state index in [1.807, 2.05) is 23.1 Å². The van der Waals surface area contributed by atoms with Crippen molar-refractivity contribution in [1.29, 1.82) is 0 Å². The fourth-order valence-corrected chi connectivity index (χ4v) is 2.88. The quantitative estimate of drug-likeness (QED) is 0.828. The number of morpholine rings is 1. The molecular weight excluding hydrogens is 266 g/mol. The molecule has 5 nitrogen and oxygen atoms in total. The van der Waals surface area contributed by atoms with Crippen molar-refractivity contribution in [3.63, 3.8) is 0 Å². The lowest BCUT2D eigenvalue weighted by Gasteiger charge is -2.30. The molecule has 6 heteroatoms. The minimum absolute atomic E-state index is 0. The molecule has 0 radical (unpaired) electrons. The summed E-state index contributed by atoms with van der Waals surface area (Å²) in [6.45, 7) is 3.51. The molecule has 1 N–H and O–H groups in total. The standard InChI is InChI=1S/C13H21N3O2.ClH/c1-5-15-16(7-1)8-2-9-17-12-4-3-11-13(12)18-10-6-14-11;/h1,5,7,11-14H,2-4,6,8-10H2;1H/t11-,12+,13+;/m0./s1. The number of rotatable bonds is 5. The number of nitrogens with one attached hydrogen (secondary N) is 1. The van der Waals surface area contributed by atoms with Crippen LogP contribution in [0.5, 0.6) is 0 Å². The first-order chi connectivity index (χ1) is 8.93. The van der Waals surface area contributed by atoms with Crippen molar-refractivity contribution in [3.8, 4) is 0 Å². The Morgan fingerprint density at radius 1 is 1.42 bits per heavy atom. The first kappa shape index (κ1) is 14.8. The molecule has 1 aromatic heterocycles. The third-order valence-corrected chi connectivity index (χ3v) is 3.77. The number of nitrogens with zero attached hydrogens (tertiary/aromatic N) is 2. The van der Waals surface area contributed by atoms with Gasteiger partial charge in [-0.1, -0.05) is 0 Å². The van der Waals surface area contributed by atoms with Crippen molar-refractivity contribution >= 4 is 12.4 Å². The first-order valence-electron chi connectivity index (χ1n) is 6.87. The van der Waals surface area contributed by atoms with Crippen molar-refractivity contribution in [2.45, 2.75) is 44.1 Å². The number of aryl methyl sites for hydroxylation is 1. The average Bonchev–Trinajstić information content (AvgIpc) is 3.04. The lowest BCUT2D eigenvalue weighted by molar-refractivity contribution is -0.0791. The predicted molar refractivity (Wildman–Crippen MR) is 74.6 cm³/mol. The Labute approximate surface area is 120 Å². The molecule has 0 aromatic carbocycles. The van der Waals surface area contributed by atoms with Gasteiger partial charge in [0, 0.05) is 38.1 Å². The van der Waals surface area contributed by atoms with Crippen LogP contribution < -0.4 is 5.32 Å². The number of hydrogen-bond donors (Lipinski definition) is 1. The first-order valence-corrected chi connectivity index (χ1v) is 6.87. The van der Waals surface area contributed by atoms with Gasteiger partial charge in [-0.3, -0.25) is 4.68 Å². The van der Waals surface area contributed by atoms with Gasteiger partial charge in [0.15, 0.2) is 0 Å². The summed E-state index contributed by atoms with van der Waals surface area (Å²) in [5.41, 5.74) is 0. The van der Waals surface area contributed by atoms with E-state index in [1.54, 1.807) is 0 Å². The molecule has 108 valence electrons. The van der Waals surface area contributed by atoms with E-state index in [1.165, 1.54) is 6.42 Å². The molecule has 1 aromatic rings. The van der Waals surface area contributed by atoms with Gasteiger partial charge in [-0.05, 0) is 25.3 Å². The third-order valence-electron chi connectivity index (χ3n) is 3.77. The van der Waals surface area contributed by atoms with E-state index >= 15 is 0 Å². The SMILES string of the molecule is Cl.c1cnn(CCCO[C@@H]2CC[C@@H]3NCCO[C@H]32)c1. The Balaban J connectivity index is 0.00000133. The molecule has 1 saturated carbocycles. The van der Waals surface area contributed by atoms with Gasteiger partial charge in [0.25, 0.3) is 0 Å². The van der Waals surface area contributed by atoms with Gasteiger partial charge in [-0.25, -0.2) is 0 Å². The number of halogens is 1. The summed E-state index contributed by atoms with van der Waals surface area (Å²) in [4.78, 5) is 0. The summed E-state index contributed by atoms with van der Waals surface area (Å²) < 4.78 is 13.7. The minimum Gasteiger partial charge on any atom is -0.375 e. The van der Waals surface area contributed by atoms with Crippen molar-refractivity contribution in [2.75, 3.05) is 19.8 Å². The molecule has 2 heterocycles. The summed E-state index contributed by atoms with van der Waals surface area (Å²) in [6.07, 6.45) is 7.63. The fraction of sp³-hybridized carbons (Fsp3) is 0.769. The van der Waals surface area contributed by atoms with Crippen LogP contribution in [0.25, 0.3) is 0 Å². The van der Waals surface area contributed by atoms with E-state index in [0.29, 0.717) is 6.04 Å². The molecule has 0 amide bonds. The van der Waals surface area contributed by atoms with Crippen molar-refractivity contribution in [1.82, 2.24) is 15.1 Å². The molecule has 1 aliphatic carbocycles. The molecule has 3 atom stereocenters. The monoisotopic (exact) mass is 287 g/mol. The van der Waals surface area contributed by atoms with Crippen molar-refractivity contribution < 1.29 is 9.47 Å². The molecule has 0 unspecified atom stereocenters. The smallest absolute Gasteiger partial charge is 0.0989 e.